The Balaban J connectivity index is 2.59. The Morgan fingerprint density at radius 1 is 1.38 bits per heavy atom. The fraction of sp³-hybridized carbons (Fsp3) is 0.471. The minimum absolute atomic E-state index is 0.128. The summed E-state index contributed by atoms with van der Waals surface area (Å²) in [5.74, 6) is 0.430. The Morgan fingerprint density at radius 3 is 2.62 bits per heavy atom. The van der Waals surface area contributed by atoms with Crippen LogP contribution in [-0.2, 0) is 20.5 Å². The van der Waals surface area contributed by atoms with Gasteiger partial charge in [-0.3, -0.25) is 4.79 Å². The summed E-state index contributed by atoms with van der Waals surface area (Å²) in [5, 5.41) is 0. The Labute approximate surface area is 164 Å². The number of esters is 1. The quantitative estimate of drug-likeness (QED) is 0.180. The van der Waals surface area contributed by atoms with E-state index in [9.17, 15) is 9.36 Å². The first-order chi connectivity index (χ1) is 12.3. The number of rotatable bonds is 12. The lowest BCUT2D eigenvalue weighted by atomic mass is 10.1. The van der Waals surface area contributed by atoms with E-state index in [1.54, 1.807) is 31.3 Å². The molecule has 0 radical (unpaired) electrons. The van der Waals surface area contributed by atoms with Crippen molar-refractivity contribution in [3.05, 3.63) is 42.5 Å². The lowest BCUT2D eigenvalue weighted by Crippen LogP contribution is -2.34. The minimum Gasteiger partial charge on any atom is -0.460 e. The van der Waals surface area contributed by atoms with E-state index in [0.29, 0.717) is 24.6 Å². The number of halogens is 2. The van der Waals surface area contributed by atoms with Crippen LogP contribution in [0, 0.1) is 0 Å². The number of ether oxygens (including phenoxy) is 1. The molecule has 9 heteroatoms. The van der Waals surface area contributed by atoms with Crippen LogP contribution in [0.4, 0.5) is 0 Å². The Kier molecular flexibility index (Phi) is 10.3. The SMILES string of the molecule is C=CCOC(=O)C(N)Cc1ccc(OP(=O)(Cl)N(C)CCCCCl)cc1. The van der Waals surface area contributed by atoms with Gasteiger partial charge in [-0.2, -0.15) is 0 Å². The number of carbonyl (C=O) groups excluding carboxylic acids is 1. The van der Waals surface area contributed by atoms with Gasteiger partial charge >= 0.3 is 12.8 Å². The lowest BCUT2D eigenvalue weighted by molar-refractivity contribution is -0.143. The van der Waals surface area contributed by atoms with Crippen LogP contribution in [-0.4, -0.2) is 42.8 Å². The maximum absolute atomic E-state index is 12.5. The summed E-state index contributed by atoms with van der Waals surface area (Å²) in [5.41, 5.74) is 6.63. The number of unbranched alkanes of at least 4 members (excludes halogenated alkanes) is 1. The first kappa shape index (κ1) is 23.0. The zero-order valence-corrected chi connectivity index (χ0v) is 17.2. The van der Waals surface area contributed by atoms with E-state index in [2.05, 4.69) is 6.58 Å². The fourth-order valence-corrected chi connectivity index (χ4v) is 3.58. The Hall–Kier alpha value is -1.04. The number of carbonyl (C=O) groups is 1. The van der Waals surface area contributed by atoms with Crippen LogP contribution in [0.3, 0.4) is 0 Å². The van der Waals surface area contributed by atoms with E-state index in [0.717, 1.165) is 18.4 Å². The molecule has 6 nitrogen and oxygen atoms in total. The number of nitrogens with zero attached hydrogens (tertiary/aromatic N) is 1. The number of hydrogen-bond acceptors (Lipinski definition) is 5. The summed E-state index contributed by atoms with van der Waals surface area (Å²) >= 11 is 11.7. The molecule has 2 N–H and O–H groups in total. The van der Waals surface area contributed by atoms with Gasteiger partial charge in [0, 0.05) is 23.7 Å². The molecular weight excluding hydrogens is 398 g/mol. The van der Waals surface area contributed by atoms with Crippen LogP contribution in [0.15, 0.2) is 36.9 Å². The third-order valence-electron chi connectivity index (χ3n) is 3.52. The molecule has 2 atom stereocenters. The van der Waals surface area contributed by atoms with Crippen molar-refractivity contribution in [3.8, 4) is 5.75 Å². The Morgan fingerprint density at radius 2 is 2.04 bits per heavy atom. The summed E-state index contributed by atoms with van der Waals surface area (Å²) in [6, 6.07) is 5.98. The predicted molar refractivity (Wildman–Crippen MR) is 106 cm³/mol. The molecule has 0 saturated heterocycles. The van der Waals surface area contributed by atoms with Crippen molar-refractivity contribution in [2.45, 2.75) is 25.3 Å². The molecular formula is C17H25Cl2N2O4P. The van der Waals surface area contributed by atoms with Crippen LogP contribution >= 0.6 is 29.7 Å². The van der Waals surface area contributed by atoms with Crippen molar-refractivity contribution in [2.75, 3.05) is 26.1 Å². The van der Waals surface area contributed by atoms with Crippen LogP contribution in [0.5, 0.6) is 5.75 Å². The molecule has 0 bridgehead atoms. The summed E-state index contributed by atoms with van der Waals surface area (Å²) in [6.07, 6.45) is 3.38. The van der Waals surface area contributed by atoms with Gasteiger partial charge in [0.1, 0.15) is 18.4 Å². The van der Waals surface area contributed by atoms with Crippen molar-refractivity contribution in [3.63, 3.8) is 0 Å². The molecule has 0 aromatic heterocycles. The molecule has 0 spiro atoms. The van der Waals surface area contributed by atoms with E-state index in [4.69, 9.17) is 37.8 Å². The predicted octanol–water partition coefficient (Wildman–Crippen LogP) is 3.96. The molecule has 0 aliphatic rings. The van der Waals surface area contributed by atoms with E-state index < -0.39 is 18.9 Å². The van der Waals surface area contributed by atoms with Crippen LogP contribution < -0.4 is 10.3 Å². The van der Waals surface area contributed by atoms with Gasteiger partial charge in [-0.15, -0.1) is 11.6 Å². The van der Waals surface area contributed by atoms with Gasteiger partial charge in [-0.05, 0) is 44.0 Å². The molecule has 2 unspecified atom stereocenters. The lowest BCUT2D eigenvalue weighted by Gasteiger charge is -2.22. The van der Waals surface area contributed by atoms with Gasteiger partial charge in [0.15, 0.2) is 0 Å². The van der Waals surface area contributed by atoms with Gasteiger partial charge in [0.25, 0.3) is 0 Å². The Bertz CT molecular complexity index is 628. The smallest absolute Gasteiger partial charge is 0.411 e. The van der Waals surface area contributed by atoms with Crippen LogP contribution in [0.2, 0.25) is 0 Å². The molecule has 1 aromatic rings. The van der Waals surface area contributed by atoms with E-state index in [-0.39, 0.29) is 6.61 Å². The zero-order chi connectivity index (χ0) is 19.6. The molecule has 1 rings (SSSR count). The monoisotopic (exact) mass is 422 g/mol. The highest BCUT2D eigenvalue weighted by molar-refractivity contribution is 7.83. The molecule has 0 fully saturated rings. The second-order valence-electron chi connectivity index (χ2n) is 5.69. The molecule has 0 amide bonds. The largest absolute Gasteiger partial charge is 0.460 e. The number of benzene rings is 1. The van der Waals surface area contributed by atoms with Crippen molar-refractivity contribution in [1.82, 2.24) is 4.67 Å². The second kappa shape index (κ2) is 11.6. The molecule has 26 heavy (non-hydrogen) atoms. The van der Waals surface area contributed by atoms with E-state index in [1.165, 1.54) is 10.7 Å². The maximum atomic E-state index is 12.5. The maximum Gasteiger partial charge on any atom is 0.411 e. The van der Waals surface area contributed by atoms with Crippen molar-refractivity contribution < 1.29 is 18.6 Å². The van der Waals surface area contributed by atoms with E-state index >= 15 is 0 Å². The number of nitrogens with two attached hydrogens (primary N) is 1. The highest BCUT2D eigenvalue weighted by Gasteiger charge is 2.27. The summed E-state index contributed by atoms with van der Waals surface area (Å²) in [7, 11) is 1.64. The molecule has 0 heterocycles. The minimum atomic E-state index is -3.46. The average molecular weight is 423 g/mol. The number of hydrogen-bond donors (Lipinski definition) is 1. The van der Waals surface area contributed by atoms with Crippen molar-refractivity contribution >= 4 is 35.7 Å². The summed E-state index contributed by atoms with van der Waals surface area (Å²) in [6.45, 7) is 0.659. The highest BCUT2D eigenvalue weighted by Crippen LogP contribution is 2.54. The zero-order valence-electron chi connectivity index (χ0n) is 14.8. The highest BCUT2D eigenvalue weighted by atomic mass is 35.7. The third-order valence-corrected chi connectivity index (χ3v) is 6.22. The standard InChI is InChI=1S/C17H25Cl2N2O4P/c1-3-12-24-17(22)16(20)13-14-6-8-15(9-7-14)25-26(19,23)21(2)11-5-4-10-18/h3,6-9,16H,1,4-5,10-13,20H2,2H3. The first-order valence-electron chi connectivity index (χ1n) is 8.19. The molecule has 146 valence electrons. The average Bonchev–Trinajstić information content (AvgIpc) is 2.61. The van der Waals surface area contributed by atoms with Gasteiger partial charge in [0.05, 0.1) is 0 Å². The number of alkyl halides is 1. The molecule has 0 aliphatic heterocycles. The molecule has 1 aromatic carbocycles. The van der Waals surface area contributed by atoms with Gasteiger partial charge in [-0.1, -0.05) is 24.8 Å². The summed E-state index contributed by atoms with van der Waals surface area (Å²) < 4.78 is 24.3. The van der Waals surface area contributed by atoms with Crippen molar-refractivity contribution in [2.24, 2.45) is 5.73 Å². The van der Waals surface area contributed by atoms with Gasteiger partial charge in [-0.25, -0.2) is 9.24 Å². The topological polar surface area (TPSA) is 81.9 Å². The fourth-order valence-electron chi connectivity index (χ4n) is 2.03. The molecule has 0 saturated carbocycles. The van der Waals surface area contributed by atoms with Gasteiger partial charge < -0.3 is 15.0 Å². The first-order valence-corrected chi connectivity index (χ1v) is 11.2. The molecule has 0 aliphatic carbocycles. The van der Waals surface area contributed by atoms with Gasteiger partial charge in [0.2, 0.25) is 0 Å². The van der Waals surface area contributed by atoms with Crippen LogP contribution in [0.1, 0.15) is 18.4 Å². The normalized spacial score (nSPS) is 14.5. The third kappa shape index (κ3) is 8.11. The van der Waals surface area contributed by atoms with E-state index in [1.807, 2.05) is 0 Å². The van der Waals surface area contributed by atoms with Crippen LogP contribution in [0.25, 0.3) is 0 Å². The second-order valence-corrected chi connectivity index (χ2v) is 9.12. The summed E-state index contributed by atoms with van der Waals surface area (Å²) in [4.78, 5) is 11.7. The van der Waals surface area contributed by atoms with Crippen molar-refractivity contribution in [1.29, 1.82) is 0 Å².